The SMILES string of the molecule is CCc1ccc(NC(=O)C[NH+]2CCC(c3nc4ccccc4s3)CC2)cc1. The standard InChI is InChI=1S/C22H25N3OS/c1-2-16-7-9-18(10-8-16)23-21(26)15-25-13-11-17(12-14-25)22-24-19-5-3-4-6-20(19)27-22/h3-10,17H,2,11-15H2,1H3,(H,23,26)/p+1. The van der Waals surface area contributed by atoms with Crippen LogP contribution in [-0.4, -0.2) is 30.5 Å². The Morgan fingerprint density at radius 2 is 1.89 bits per heavy atom. The lowest BCUT2D eigenvalue weighted by Crippen LogP contribution is -3.14. The van der Waals surface area contributed by atoms with Crippen LogP contribution in [-0.2, 0) is 11.2 Å². The predicted octanol–water partition coefficient (Wildman–Crippen LogP) is 3.26. The molecule has 1 aliphatic heterocycles. The molecular weight excluding hydrogens is 354 g/mol. The highest BCUT2D eigenvalue weighted by Crippen LogP contribution is 2.31. The summed E-state index contributed by atoms with van der Waals surface area (Å²) in [5.41, 5.74) is 3.29. The van der Waals surface area contributed by atoms with Crippen LogP contribution in [0.1, 0.15) is 36.3 Å². The van der Waals surface area contributed by atoms with E-state index in [-0.39, 0.29) is 5.91 Å². The Bertz CT molecular complexity index is 878. The van der Waals surface area contributed by atoms with Crippen LogP contribution in [0, 0.1) is 0 Å². The molecule has 2 heterocycles. The number of carbonyl (C=O) groups excluding carboxylic acids is 1. The van der Waals surface area contributed by atoms with Gasteiger partial charge in [0.1, 0.15) is 0 Å². The van der Waals surface area contributed by atoms with Crippen LogP contribution in [0.4, 0.5) is 5.69 Å². The molecule has 4 rings (SSSR count). The minimum atomic E-state index is 0.104. The van der Waals surface area contributed by atoms with E-state index in [9.17, 15) is 4.79 Å². The molecule has 1 aromatic heterocycles. The zero-order valence-electron chi connectivity index (χ0n) is 15.7. The van der Waals surface area contributed by atoms with Gasteiger partial charge in [-0.15, -0.1) is 11.3 Å². The molecular formula is C22H26N3OS+. The van der Waals surface area contributed by atoms with Crippen LogP contribution in [0.5, 0.6) is 0 Å². The van der Waals surface area contributed by atoms with Crippen molar-refractivity contribution in [1.29, 1.82) is 0 Å². The number of amides is 1. The monoisotopic (exact) mass is 380 g/mol. The van der Waals surface area contributed by atoms with Crippen molar-refractivity contribution in [3.05, 3.63) is 59.1 Å². The molecule has 0 saturated carbocycles. The minimum Gasteiger partial charge on any atom is -0.327 e. The number of aryl methyl sites for hydroxylation is 1. The van der Waals surface area contributed by atoms with Gasteiger partial charge in [-0.1, -0.05) is 31.2 Å². The normalized spacial score (nSPS) is 19.9. The van der Waals surface area contributed by atoms with Crippen LogP contribution in [0.2, 0.25) is 0 Å². The van der Waals surface area contributed by atoms with Crippen molar-refractivity contribution >= 4 is 33.1 Å². The number of thiazole rings is 1. The highest BCUT2D eigenvalue weighted by Gasteiger charge is 2.27. The van der Waals surface area contributed by atoms with E-state index in [1.165, 1.54) is 20.2 Å². The van der Waals surface area contributed by atoms with Crippen molar-refractivity contribution < 1.29 is 9.69 Å². The molecule has 27 heavy (non-hydrogen) atoms. The molecule has 2 N–H and O–H groups in total. The fraction of sp³-hybridized carbons (Fsp3) is 0.364. The van der Waals surface area contributed by atoms with E-state index in [1.807, 2.05) is 29.5 Å². The third kappa shape index (κ3) is 4.37. The summed E-state index contributed by atoms with van der Waals surface area (Å²) in [5, 5.41) is 4.29. The predicted molar refractivity (Wildman–Crippen MR) is 112 cm³/mol. The minimum absolute atomic E-state index is 0.104. The maximum absolute atomic E-state index is 12.4. The van der Waals surface area contributed by atoms with Crippen LogP contribution in [0.15, 0.2) is 48.5 Å². The molecule has 1 fully saturated rings. The van der Waals surface area contributed by atoms with Gasteiger partial charge in [0.2, 0.25) is 0 Å². The van der Waals surface area contributed by atoms with Gasteiger partial charge in [0.05, 0.1) is 28.3 Å². The lowest BCUT2D eigenvalue weighted by Gasteiger charge is -2.27. The van der Waals surface area contributed by atoms with Crippen molar-refractivity contribution in [3.8, 4) is 0 Å². The molecule has 3 aromatic rings. The second kappa shape index (κ2) is 8.19. The number of para-hydroxylation sites is 1. The topological polar surface area (TPSA) is 46.4 Å². The highest BCUT2D eigenvalue weighted by molar-refractivity contribution is 7.18. The number of rotatable bonds is 5. The van der Waals surface area contributed by atoms with Crippen molar-refractivity contribution in [2.24, 2.45) is 0 Å². The number of hydrogen-bond acceptors (Lipinski definition) is 3. The number of aromatic nitrogens is 1. The number of piperidine rings is 1. The quantitative estimate of drug-likeness (QED) is 0.714. The number of quaternary nitrogens is 1. The fourth-order valence-electron chi connectivity index (χ4n) is 3.77. The fourth-order valence-corrected chi connectivity index (χ4v) is 4.91. The summed E-state index contributed by atoms with van der Waals surface area (Å²) in [5.74, 6) is 0.642. The average Bonchev–Trinajstić information content (AvgIpc) is 3.13. The number of anilines is 1. The molecule has 0 radical (unpaired) electrons. The Hall–Kier alpha value is -2.24. The van der Waals surface area contributed by atoms with E-state index in [0.717, 1.165) is 43.6 Å². The van der Waals surface area contributed by atoms with Gasteiger partial charge in [0.25, 0.3) is 5.91 Å². The van der Waals surface area contributed by atoms with Crippen molar-refractivity contribution in [2.75, 3.05) is 25.0 Å². The van der Waals surface area contributed by atoms with E-state index >= 15 is 0 Å². The number of carbonyl (C=O) groups is 1. The van der Waals surface area contributed by atoms with Crippen LogP contribution in [0.3, 0.4) is 0 Å². The number of benzene rings is 2. The average molecular weight is 381 g/mol. The summed E-state index contributed by atoms with van der Waals surface area (Å²) in [6.45, 7) is 4.74. The molecule has 1 aliphatic rings. The molecule has 2 aromatic carbocycles. The van der Waals surface area contributed by atoms with E-state index in [2.05, 4.69) is 42.6 Å². The van der Waals surface area contributed by atoms with Crippen molar-refractivity contribution in [3.63, 3.8) is 0 Å². The molecule has 140 valence electrons. The second-order valence-corrected chi connectivity index (χ2v) is 8.38. The number of fused-ring (bicyclic) bond motifs is 1. The van der Waals surface area contributed by atoms with Crippen LogP contribution < -0.4 is 10.2 Å². The van der Waals surface area contributed by atoms with Gasteiger partial charge >= 0.3 is 0 Å². The Morgan fingerprint density at radius 3 is 2.59 bits per heavy atom. The summed E-state index contributed by atoms with van der Waals surface area (Å²) in [6, 6.07) is 16.5. The van der Waals surface area contributed by atoms with E-state index in [1.54, 1.807) is 0 Å². The number of likely N-dealkylation sites (tertiary alicyclic amines) is 1. The van der Waals surface area contributed by atoms with Gasteiger partial charge in [0, 0.05) is 24.4 Å². The third-order valence-corrected chi connectivity index (χ3v) is 6.61. The molecule has 0 atom stereocenters. The highest BCUT2D eigenvalue weighted by atomic mass is 32.1. The molecule has 5 heteroatoms. The van der Waals surface area contributed by atoms with E-state index < -0.39 is 0 Å². The molecule has 0 spiro atoms. The summed E-state index contributed by atoms with van der Waals surface area (Å²) >= 11 is 1.82. The Labute approximate surface area is 164 Å². The Balaban J connectivity index is 1.29. The van der Waals surface area contributed by atoms with Gasteiger partial charge in [0.15, 0.2) is 6.54 Å². The first-order valence-electron chi connectivity index (χ1n) is 9.79. The first-order chi connectivity index (χ1) is 13.2. The summed E-state index contributed by atoms with van der Waals surface area (Å²) in [7, 11) is 0. The van der Waals surface area contributed by atoms with E-state index in [4.69, 9.17) is 4.98 Å². The molecule has 1 saturated heterocycles. The smallest absolute Gasteiger partial charge is 0.279 e. The van der Waals surface area contributed by atoms with Gasteiger partial charge < -0.3 is 10.2 Å². The van der Waals surface area contributed by atoms with Gasteiger partial charge in [-0.2, -0.15) is 0 Å². The maximum Gasteiger partial charge on any atom is 0.279 e. The second-order valence-electron chi connectivity index (χ2n) is 7.32. The molecule has 1 amide bonds. The lowest BCUT2D eigenvalue weighted by molar-refractivity contribution is -0.897. The summed E-state index contributed by atoms with van der Waals surface area (Å²) in [6.07, 6.45) is 3.23. The Morgan fingerprint density at radius 1 is 1.15 bits per heavy atom. The summed E-state index contributed by atoms with van der Waals surface area (Å²) < 4.78 is 1.27. The summed E-state index contributed by atoms with van der Waals surface area (Å²) in [4.78, 5) is 18.6. The zero-order valence-corrected chi connectivity index (χ0v) is 16.5. The van der Waals surface area contributed by atoms with Crippen LogP contribution in [0.25, 0.3) is 10.2 Å². The maximum atomic E-state index is 12.4. The third-order valence-electron chi connectivity index (χ3n) is 5.41. The van der Waals surface area contributed by atoms with Crippen LogP contribution >= 0.6 is 11.3 Å². The molecule has 0 bridgehead atoms. The van der Waals surface area contributed by atoms with E-state index in [0.29, 0.717) is 12.5 Å². The molecule has 0 aliphatic carbocycles. The lowest BCUT2D eigenvalue weighted by atomic mass is 9.97. The number of hydrogen-bond donors (Lipinski definition) is 2. The zero-order chi connectivity index (χ0) is 18.6. The van der Waals surface area contributed by atoms with Gasteiger partial charge in [-0.05, 0) is 36.2 Å². The first-order valence-corrected chi connectivity index (χ1v) is 10.6. The molecule has 4 nitrogen and oxygen atoms in total. The van der Waals surface area contributed by atoms with Crippen molar-refractivity contribution in [1.82, 2.24) is 4.98 Å². The number of nitrogens with one attached hydrogen (secondary N) is 2. The first kappa shape index (κ1) is 18.1. The molecule has 0 unspecified atom stereocenters. The largest absolute Gasteiger partial charge is 0.327 e. The van der Waals surface area contributed by atoms with Crippen molar-refractivity contribution in [2.45, 2.75) is 32.1 Å². The van der Waals surface area contributed by atoms with Gasteiger partial charge in [-0.3, -0.25) is 4.79 Å². The Kier molecular flexibility index (Phi) is 5.50. The number of nitrogens with zero attached hydrogens (tertiary/aromatic N) is 1. The van der Waals surface area contributed by atoms with Gasteiger partial charge in [-0.25, -0.2) is 4.98 Å².